The van der Waals surface area contributed by atoms with Gasteiger partial charge in [0.25, 0.3) is 0 Å². The highest BCUT2D eigenvalue weighted by atomic mass is 19.1. The van der Waals surface area contributed by atoms with Gasteiger partial charge in [-0.15, -0.1) is 0 Å². The van der Waals surface area contributed by atoms with Crippen molar-refractivity contribution < 1.29 is 13.9 Å². The van der Waals surface area contributed by atoms with E-state index in [4.69, 9.17) is 4.74 Å². The first-order valence-electron chi connectivity index (χ1n) is 8.58. The van der Waals surface area contributed by atoms with Crippen molar-refractivity contribution in [2.24, 2.45) is 5.92 Å². The first kappa shape index (κ1) is 17.3. The summed E-state index contributed by atoms with van der Waals surface area (Å²) in [4.78, 5) is 22.7. The van der Waals surface area contributed by atoms with Gasteiger partial charge in [0.1, 0.15) is 5.69 Å². The summed E-state index contributed by atoms with van der Waals surface area (Å²) in [5, 5.41) is 0. The second-order valence-corrected chi connectivity index (χ2v) is 6.53. The topological polar surface area (TPSA) is 55.3 Å². The van der Waals surface area contributed by atoms with Crippen LogP contribution in [-0.2, 0) is 4.79 Å². The number of carbonyl (C=O) groups excluding carboxylic acids is 1. The van der Waals surface area contributed by atoms with E-state index in [1.54, 1.807) is 24.4 Å². The zero-order valence-electron chi connectivity index (χ0n) is 14.5. The molecule has 25 heavy (non-hydrogen) atoms. The highest BCUT2D eigenvalue weighted by Gasteiger charge is 2.28. The van der Waals surface area contributed by atoms with Crippen LogP contribution >= 0.6 is 0 Å². The normalized spacial score (nSPS) is 15.4. The third-order valence-electron chi connectivity index (χ3n) is 4.42. The Kier molecular flexibility index (Phi) is 5.26. The van der Waals surface area contributed by atoms with E-state index in [1.165, 1.54) is 12.3 Å². The number of para-hydroxylation sites is 1. The number of hydrogen-bond acceptors (Lipinski definition) is 4. The Morgan fingerprint density at radius 1 is 1.20 bits per heavy atom. The van der Waals surface area contributed by atoms with Crippen LogP contribution in [0, 0.1) is 11.7 Å². The minimum absolute atomic E-state index is 0.00742. The lowest BCUT2D eigenvalue weighted by Crippen LogP contribution is -2.40. The molecule has 132 valence electrons. The summed E-state index contributed by atoms with van der Waals surface area (Å²) in [6.07, 6.45) is 4.75. The summed E-state index contributed by atoms with van der Waals surface area (Å²) < 4.78 is 19.5. The SMILES string of the molecule is CC(C)C(=O)N1CCC(c2nccnc2Oc2ccccc2F)CC1. The van der Waals surface area contributed by atoms with Gasteiger partial charge < -0.3 is 9.64 Å². The number of nitrogens with zero attached hydrogens (tertiary/aromatic N) is 3. The van der Waals surface area contributed by atoms with E-state index in [0.29, 0.717) is 19.0 Å². The zero-order valence-corrected chi connectivity index (χ0v) is 14.5. The predicted octanol–water partition coefficient (Wildman–Crippen LogP) is 3.77. The van der Waals surface area contributed by atoms with Gasteiger partial charge in [0.2, 0.25) is 11.8 Å². The summed E-state index contributed by atoms with van der Waals surface area (Å²) in [5.74, 6) is 0.370. The number of ether oxygens (including phenoxy) is 1. The maximum Gasteiger partial charge on any atom is 0.241 e. The molecule has 1 amide bonds. The van der Waals surface area contributed by atoms with Crippen LogP contribution in [0.2, 0.25) is 0 Å². The van der Waals surface area contributed by atoms with Crippen molar-refractivity contribution in [3.63, 3.8) is 0 Å². The van der Waals surface area contributed by atoms with Crippen LogP contribution in [0.1, 0.15) is 38.3 Å². The molecular weight excluding hydrogens is 321 g/mol. The molecule has 0 aliphatic carbocycles. The highest BCUT2D eigenvalue weighted by Crippen LogP contribution is 2.34. The molecule has 0 spiro atoms. The Hall–Kier alpha value is -2.50. The lowest BCUT2D eigenvalue weighted by Gasteiger charge is -2.33. The Labute approximate surface area is 146 Å². The number of likely N-dealkylation sites (tertiary alicyclic amines) is 1. The third-order valence-corrected chi connectivity index (χ3v) is 4.42. The Bertz CT molecular complexity index is 743. The molecule has 2 aromatic rings. The average Bonchev–Trinajstić information content (AvgIpc) is 2.63. The van der Waals surface area contributed by atoms with Gasteiger partial charge in [-0.25, -0.2) is 9.37 Å². The van der Waals surface area contributed by atoms with E-state index < -0.39 is 5.82 Å². The summed E-state index contributed by atoms with van der Waals surface area (Å²) in [6.45, 7) is 5.21. The molecule has 1 aliphatic rings. The zero-order chi connectivity index (χ0) is 17.8. The molecule has 6 heteroatoms. The smallest absolute Gasteiger partial charge is 0.241 e. The number of carbonyl (C=O) groups is 1. The molecule has 1 aromatic heterocycles. The molecule has 1 saturated heterocycles. The predicted molar refractivity (Wildman–Crippen MR) is 91.9 cm³/mol. The molecule has 1 fully saturated rings. The highest BCUT2D eigenvalue weighted by molar-refractivity contribution is 5.78. The van der Waals surface area contributed by atoms with Gasteiger partial charge in [-0.05, 0) is 25.0 Å². The van der Waals surface area contributed by atoms with Crippen LogP contribution in [0.3, 0.4) is 0 Å². The average molecular weight is 343 g/mol. The molecule has 0 atom stereocenters. The fourth-order valence-electron chi connectivity index (χ4n) is 3.06. The van der Waals surface area contributed by atoms with Crippen LogP contribution < -0.4 is 4.74 Å². The Balaban J connectivity index is 1.74. The van der Waals surface area contributed by atoms with Crippen molar-refractivity contribution in [2.45, 2.75) is 32.6 Å². The standard InChI is InChI=1S/C19H22FN3O2/c1-13(2)19(24)23-11-7-14(8-12-23)17-18(22-10-9-21-17)25-16-6-4-3-5-15(16)20/h3-6,9-10,13-14H,7-8,11-12H2,1-2H3. The summed E-state index contributed by atoms with van der Waals surface area (Å²) in [7, 11) is 0. The Morgan fingerprint density at radius 3 is 2.56 bits per heavy atom. The van der Waals surface area contributed by atoms with E-state index in [-0.39, 0.29) is 23.5 Å². The lowest BCUT2D eigenvalue weighted by molar-refractivity contribution is -0.135. The van der Waals surface area contributed by atoms with E-state index in [2.05, 4.69) is 9.97 Å². The van der Waals surface area contributed by atoms with E-state index in [9.17, 15) is 9.18 Å². The van der Waals surface area contributed by atoms with Gasteiger partial charge >= 0.3 is 0 Å². The minimum Gasteiger partial charge on any atom is -0.434 e. The molecule has 1 aliphatic heterocycles. The summed E-state index contributed by atoms with van der Waals surface area (Å²) in [6, 6.07) is 6.24. The molecule has 0 unspecified atom stereocenters. The second-order valence-electron chi connectivity index (χ2n) is 6.53. The maximum atomic E-state index is 13.8. The molecule has 2 heterocycles. The van der Waals surface area contributed by atoms with Gasteiger partial charge in [0.05, 0.1) is 0 Å². The molecular formula is C19H22FN3O2. The summed E-state index contributed by atoms with van der Waals surface area (Å²) >= 11 is 0. The first-order valence-corrected chi connectivity index (χ1v) is 8.58. The van der Waals surface area contributed by atoms with Gasteiger partial charge in [-0.3, -0.25) is 9.78 Å². The van der Waals surface area contributed by atoms with E-state index in [1.807, 2.05) is 18.7 Å². The first-order chi connectivity index (χ1) is 12.1. The number of aromatic nitrogens is 2. The second kappa shape index (κ2) is 7.59. The van der Waals surface area contributed by atoms with Crippen LogP contribution in [0.4, 0.5) is 4.39 Å². The van der Waals surface area contributed by atoms with Crippen molar-refractivity contribution in [3.8, 4) is 11.6 Å². The van der Waals surface area contributed by atoms with Crippen molar-refractivity contribution >= 4 is 5.91 Å². The molecule has 0 saturated carbocycles. The number of benzene rings is 1. The van der Waals surface area contributed by atoms with Crippen molar-refractivity contribution in [2.75, 3.05) is 13.1 Å². The fraction of sp³-hybridized carbons (Fsp3) is 0.421. The largest absolute Gasteiger partial charge is 0.434 e. The molecule has 0 bridgehead atoms. The van der Waals surface area contributed by atoms with Gasteiger partial charge in [-0.1, -0.05) is 26.0 Å². The van der Waals surface area contributed by atoms with Crippen LogP contribution in [-0.4, -0.2) is 33.9 Å². The molecule has 0 radical (unpaired) electrons. The minimum atomic E-state index is -0.434. The van der Waals surface area contributed by atoms with E-state index in [0.717, 1.165) is 18.5 Å². The van der Waals surface area contributed by atoms with Crippen molar-refractivity contribution in [3.05, 3.63) is 48.2 Å². The van der Waals surface area contributed by atoms with Gasteiger partial charge in [0.15, 0.2) is 11.6 Å². The molecule has 3 rings (SSSR count). The number of amides is 1. The van der Waals surface area contributed by atoms with E-state index >= 15 is 0 Å². The van der Waals surface area contributed by atoms with Crippen molar-refractivity contribution in [1.82, 2.24) is 14.9 Å². The maximum absolute atomic E-state index is 13.8. The summed E-state index contributed by atoms with van der Waals surface area (Å²) in [5.41, 5.74) is 0.724. The quantitative estimate of drug-likeness (QED) is 0.848. The Morgan fingerprint density at radius 2 is 1.88 bits per heavy atom. The van der Waals surface area contributed by atoms with Gasteiger partial charge in [-0.2, -0.15) is 0 Å². The molecule has 1 aromatic carbocycles. The molecule has 5 nitrogen and oxygen atoms in total. The fourth-order valence-corrected chi connectivity index (χ4v) is 3.06. The number of hydrogen-bond donors (Lipinski definition) is 0. The number of rotatable bonds is 4. The van der Waals surface area contributed by atoms with Crippen LogP contribution in [0.15, 0.2) is 36.7 Å². The monoisotopic (exact) mass is 343 g/mol. The third kappa shape index (κ3) is 3.95. The van der Waals surface area contributed by atoms with Crippen LogP contribution in [0.25, 0.3) is 0 Å². The lowest BCUT2D eigenvalue weighted by atomic mass is 9.92. The number of halogens is 1. The molecule has 0 N–H and O–H groups in total. The number of piperidine rings is 1. The van der Waals surface area contributed by atoms with Crippen LogP contribution in [0.5, 0.6) is 11.6 Å². The van der Waals surface area contributed by atoms with Gasteiger partial charge in [0, 0.05) is 37.3 Å². The van der Waals surface area contributed by atoms with Crippen molar-refractivity contribution in [1.29, 1.82) is 0 Å².